The van der Waals surface area contributed by atoms with E-state index in [4.69, 9.17) is 4.42 Å². The molecule has 10 aromatic carbocycles. The molecule has 0 atom stereocenters. The minimum atomic E-state index is -0.122. The number of hydrogen-bond acceptors (Lipinski definition) is 2. The Morgan fingerprint density at radius 3 is 1.86 bits per heavy atom. The lowest BCUT2D eigenvalue weighted by molar-refractivity contribution is 0.660. The van der Waals surface area contributed by atoms with E-state index in [9.17, 15) is 0 Å². The van der Waals surface area contributed by atoms with Gasteiger partial charge in [0.1, 0.15) is 11.2 Å². The molecule has 1 aliphatic rings. The van der Waals surface area contributed by atoms with E-state index in [1.54, 1.807) is 0 Å². The lowest BCUT2D eigenvalue weighted by atomic mass is 9.82. The summed E-state index contributed by atoms with van der Waals surface area (Å²) in [5.41, 5.74) is 15.0. The molecule has 0 spiro atoms. The summed E-state index contributed by atoms with van der Waals surface area (Å²) >= 11 is 0. The molecule has 0 unspecified atom stereocenters. The Bertz CT molecular complexity index is 3460. The van der Waals surface area contributed by atoms with Crippen molar-refractivity contribution in [3.05, 3.63) is 211 Å². The highest BCUT2D eigenvalue weighted by Crippen LogP contribution is 2.52. The normalized spacial score (nSPS) is 13.1. The van der Waals surface area contributed by atoms with E-state index < -0.39 is 0 Å². The number of fused-ring (bicyclic) bond motifs is 10. The van der Waals surface area contributed by atoms with E-state index in [2.05, 4.69) is 219 Å². The first-order valence-corrected chi connectivity index (χ1v) is 20.5. The van der Waals surface area contributed by atoms with Crippen LogP contribution >= 0.6 is 0 Å². The van der Waals surface area contributed by atoms with E-state index in [1.165, 1.54) is 65.7 Å². The summed E-state index contributed by atoms with van der Waals surface area (Å²) in [6.45, 7) is 4.70. The van der Waals surface area contributed by atoms with Crippen LogP contribution in [-0.2, 0) is 5.41 Å². The van der Waals surface area contributed by atoms with Gasteiger partial charge in [-0.05, 0) is 120 Å². The van der Waals surface area contributed by atoms with Crippen LogP contribution < -0.4 is 4.90 Å². The Labute approximate surface area is 343 Å². The van der Waals surface area contributed by atoms with Gasteiger partial charge in [0, 0.05) is 27.7 Å². The number of anilines is 3. The maximum Gasteiger partial charge on any atom is 0.143 e. The van der Waals surface area contributed by atoms with E-state index in [0.29, 0.717) is 0 Å². The Balaban J connectivity index is 1.06. The predicted octanol–water partition coefficient (Wildman–Crippen LogP) is 16.2. The second-order valence-corrected chi connectivity index (χ2v) is 16.4. The molecule has 0 bridgehead atoms. The minimum absolute atomic E-state index is 0.122. The summed E-state index contributed by atoms with van der Waals surface area (Å²) < 4.78 is 7.05. The average Bonchev–Trinajstić information content (AvgIpc) is 3.77. The summed E-state index contributed by atoms with van der Waals surface area (Å²) in [6.07, 6.45) is 0. The van der Waals surface area contributed by atoms with Gasteiger partial charge in [-0.3, -0.25) is 0 Å². The lowest BCUT2D eigenvalue weighted by Crippen LogP contribution is -2.16. The van der Waals surface area contributed by atoms with Gasteiger partial charge in [-0.1, -0.05) is 166 Å². The molecule has 2 nitrogen and oxygen atoms in total. The summed E-state index contributed by atoms with van der Waals surface area (Å²) in [4.78, 5) is 2.41. The van der Waals surface area contributed by atoms with Crippen molar-refractivity contribution >= 4 is 71.3 Å². The van der Waals surface area contributed by atoms with Crippen LogP contribution in [0.15, 0.2) is 205 Å². The summed E-state index contributed by atoms with van der Waals surface area (Å²) in [7, 11) is 0. The van der Waals surface area contributed by atoms with E-state index in [0.717, 1.165) is 50.1 Å². The number of para-hydroxylation sites is 1. The topological polar surface area (TPSA) is 16.4 Å². The van der Waals surface area contributed by atoms with Gasteiger partial charge in [-0.2, -0.15) is 0 Å². The highest BCUT2D eigenvalue weighted by Gasteiger charge is 2.36. The van der Waals surface area contributed by atoms with Gasteiger partial charge in [0.15, 0.2) is 0 Å². The zero-order chi connectivity index (χ0) is 39.2. The van der Waals surface area contributed by atoms with Crippen LogP contribution in [0.4, 0.5) is 17.1 Å². The van der Waals surface area contributed by atoms with Crippen LogP contribution in [0.5, 0.6) is 0 Å². The quantitative estimate of drug-likeness (QED) is 0.163. The largest absolute Gasteiger partial charge is 0.455 e. The predicted molar refractivity (Wildman–Crippen MR) is 249 cm³/mol. The van der Waals surface area contributed by atoms with Crippen molar-refractivity contribution in [2.75, 3.05) is 4.90 Å². The Morgan fingerprint density at radius 1 is 0.407 bits per heavy atom. The average molecular weight is 754 g/mol. The molecule has 1 aromatic heterocycles. The third kappa shape index (κ3) is 5.06. The SMILES string of the molecule is CC1(C)c2ccccc2-c2ccc(N(c3ccccc3)c3cccc4oc5c(-c6ccc(-c7cc8ccccc8c8ccccc78)cc6)c6ccccc6cc5c34)cc21. The van der Waals surface area contributed by atoms with E-state index in [1.807, 2.05) is 0 Å². The van der Waals surface area contributed by atoms with Crippen molar-refractivity contribution in [3.63, 3.8) is 0 Å². The molecule has 0 radical (unpaired) electrons. The maximum absolute atomic E-state index is 7.05. The Kier molecular flexibility index (Phi) is 7.31. The fraction of sp³-hybridized carbons (Fsp3) is 0.0526. The second-order valence-electron chi connectivity index (χ2n) is 16.4. The van der Waals surface area contributed by atoms with Crippen LogP contribution in [0, 0.1) is 0 Å². The summed E-state index contributed by atoms with van der Waals surface area (Å²) in [6, 6.07) is 73.0. The molecule has 0 saturated heterocycles. The third-order valence-corrected chi connectivity index (χ3v) is 12.8. The number of benzene rings is 10. The van der Waals surface area contributed by atoms with Crippen LogP contribution in [0.25, 0.3) is 87.6 Å². The molecule has 278 valence electrons. The number of nitrogens with zero attached hydrogens (tertiary/aromatic N) is 1. The first kappa shape index (κ1) is 33.7. The van der Waals surface area contributed by atoms with Gasteiger partial charge < -0.3 is 9.32 Å². The molecule has 2 heteroatoms. The van der Waals surface area contributed by atoms with Crippen molar-refractivity contribution in [2.45, 2.75) is 19.3 Å². The van der Waals surface area contributed by atoms with Crippen molar-refractivity contribution in [2.24, 2.45) is 0 Å². The van der Waals surface area contributed by atoms with Gasteiger partial charge in [0.2, 0.25) is 0 Å². The van der Waals surface area contributed by atoms with Gasteiger partial charge in [0.25, 0.3) is 0 Å². The summed E-state index contributed by atoms with van der Waals surface area (Å²) in [5, 5.41) is 9.61. The van der Waals surface area contributed by atoms with Crippen LogP contribution in [-0.4, -0.2) is 0 Å². The van der Waals surface area contributed by atoms with Crippen LogP contribution in [0.1, 0.15) is 25.0 Å². The standard InChI is InChI=1S/C57H39NO/c1-57(2)50-24-13-12-23-46(50)47-32-31-41(35-51(47)57)58(40-17-4-3-5-18-40)52-25-14-26-53-55(52)49-34-39-16-7-9-20-43(39)54(56(49)59-53)37-29-27-36(28-30-37)48-33-38-15-6-8-19-42(38)44-21-10-11-22-45(44)48/h3-35H,1-2H3. The lowest BCUT2D eigenvalue weighted by Gasteiger charge is -2.28. The van der Waals surface area contributed by atoms with E-state index >= 15 is 0 Å². The Hall–Kier alpha value is -7.42. The fourth-order valence-corrected chi connectivity index (χ4v) is 10.0. The molecule has 1 heterocycles. The van der Waals surface area contributed by atoms with Crippen molar-refractivity contribution in [1.82, 2.24) is 0 Å². The Morgan fingerprint density at radius 2 is 1.05 bits per heavy atom. The maximum atomic E-state index is 7.05. The number of hydrogen-bond donors (Lipinski definition) is 0. The molecular formula is C57H39NO. The van der Waals surface area contributed by atoms with E-state index in [-0.39, 0.29) is 5.41 Å². The molecule has 0 amide bonds. The first-order chi connectivity index (χ1) is 29.0. The highest BCUT2D eigenvalue weighted by molar-refractivity contribution is 6.22. The molecule has 0 aliphatic heterocycles. The number of furan rings is 1. The van der Waals surface area contributed by atoms with Crippen LogP contribution in [0.3, 0.4) is 0 Å². The third-order valence-electron chi connectivity index (χ3n) is 12.8. The molecule has 1 aliphatic carbocycles. The summed E-state index contributed by atoms with van der Waals surface area (Å²) in [5.74, 6) is 0. The first-order valence-electron chi connectivity index (χ1n) is 20.5. The monoisotopic (exact) mass is 753 g/mol. The van der Waals surface area contributed by atoms with Crippen molar-refractivity contribution in [3.8, 4) is 33.4 Å². The van der Waals surface area contributed by atoms with Crippen molar-refractivity contribution < 1.29 is 4.42 Å². The number of rotatable bonds is 5. The molecule has 12 rings (SSSR count). The van der Waals surface area contributed by atoms with Gasteiger partial charge in [-0.15, -0.1) is 0 Å². The van der Waals surface area contributed by atoms with Gasteiger partial charge >= 0.3 is 0 Å². The van der Waals surface area contributed by atoms with Gasteiger partial charge in [-0.25, -0.2) is 0 Å². The minimum Gasteiger partial charge on any atom is -0.455 e. The highest BCUT2D eigenvalue weighted by atomic mass is 16.3. The molecule has 59 heavy (non-hydrogen) atoms. The molecule has 0 N–H and O–H groups in total. The van der Waals surface area contributed by atoms with Crippen LogP contribution in [0.2, 0.25) is 0 Å². The zero-order valence-corrected chi connectivity index (χ0v) is 32.9. The molecule has 11 aromatic rings. The zero-order valence-electron chi connectivity index (χ0n) is 32.9. The van der Waals surface area contributed by atoms with Gasteiger partial charge in [0.05, 0.1) is 11.1 Å². The molecule has 0 fully saturated rings. The molecule has 0 saturated carbocycles. The smallest absolute Gasteiger partial charge is 0.143 e. The second kappa shape index (κ2) is 12.8. The van der Waals surface area contributed by atoms with Crippen molar-refractivity contribution in [1.29, 1.82) is 0 Å². The fourth-order valence-electron chi connectivity index (χ4n) is 10.0. The molecular weight excluding hydrogens is 715 g/mol.